The smallest absolute Gasteiger partial charge is 0.148 e. The van der Waals surface area contributed by atoms with Crippen LogP contribution in [0.15, 0.2) is 140 Å². The Bertz CT molecular complexity index is 2570. The number of benzene rings is 8. The first-order valence-electron chi connectivity index (χ1n) is 14.8. The van der Waals surface area contributed by atoms with Crippen LogP contribution in [0.2, 0.25) is 0 Å². The quantitative estimate of drug-likeness (QED) is 0.138. The van der Waals surface area contributed by atoms with E-state index in [1.807, 2.05) is 12.1 Å². The number of hydrogen-bond donors (Lipinski definition) is 0. The lowest BCUT2D eigenvalue weighted by Gasteiger charge is -2.38. The molecule has 0 fully saturated rings. The molecule has 8 aromatic rings. The normalized spacial score (nSPS) is 16.3. The van der Waals surface area contributed by atoms with E-state index in [-0.39, 0.29) is 0 Å². The molecule has 0 amide bonds. The van der Waals surface area contributed by atoms with Crippen molar-refractivity contribution in [3.05, 3.63) is 140 Å². The molecule has 0 bridgehead atoms. The van der Waals surface area contributed by atoms with Gasteiger partial charge in [0.2, 0.25) is 0 Å². The minimum atomic E-state index is -2.54. The predicted octanol–water partition coefficient (Wildman–Crippen LogP) is 9.93. The SMILES string of the molecule is S=P12c3ccccc3Oc3ccc(-c4ccc5c6ccccc6c6ccccc6c5c4)c(c31)Oc1ccc3ccccc3c12. The maximum Gasteiger partial charge on any atom is 0.148 e. The summed E-state index contributed by atoms with van der Waals surface area (Å²) in [7, 11) is 0. The van der Waals surface area contributed by atoms with Gasteiger partial charge < -0.3 is 9.47 Å². The first-order valence-corrected chi connectivity index (χ1v) is 17.6. The summed E-state index contributed by atoms with van der Waals surface area (Å²) in [6.45, 7) is 0. The fourth-order valence-electron chi connectivity index (χ4n) is 7.37. The third-order valence-corrected chi connectivity index (χ3v) is 14.2. The fourth-order valence-corrected chi connectivity index (χ4v) is 12.2. The summed E-state index contributed by atoms with van der Waals surface area (Å²) in [5, 5.41) is 13.0. The van der Waals surface area contributed by atoms with Gasteiger partial charge in [-0.2, -0.15) is 0 Å². The van der Waals surface area contributed by atoms with Crippen LogP contribution >= 0.6 is 6.04 Å². The van der Waals surface area contributed by atoms with E-state index in [9.17, 15) is 0 Å². The molecule has 1 atom stereocenters. The van der Waals surface area contributed by atoms with Gasteiger partial charge in [-0.1, -0.05) is 115 Å². The van der Waals surface area contributed by atoms with Gasteiger partial charge in [-0.05, 0) is 85.1 Å². The lowest BCUT2D eigenvalue weighted by Crippen LogP contribution is -2.35. The van der Waals surface area contributed by atoms with Crippen molar-refractivity contribution in [3.63, 3.8) is 0 Å². The van der Waals surface area contributed by atoms with Gasteiger partial charge in [-0.25, -0.2) is 0 Å². The van der Waals surface area contributed by atoms with Gasteiger partial charge in [-0.15, -0.1) is 0 Å². The molecule has 10 rings (SSSR count). The Kier molecular flexibility index (Phi) is 4.90. The van der Waals surface area contributed by atoms with E-state index in [1.165, 1.54) is 32.3 Å². The number of rotatable bonds is 1. The topological polar surface area (TPSA) is 18.5 Å². The highest BCUT2D eigenvalue weighted by Crippen LogP contribution is 2.61. The van der Waals surface area contributed by atoms with E-state index in [1.54, 1.807) is 0 Å². The van der Waals surface area contributed by atoms with Gasteiger partial charge in [0.05, 0.1) is 11.3 Å². The zero-order chi connectivity index (χ0) is 29.0. The largest absolute Gasteiger partial charge is 0.456 e. The van der Waals surface area contributed by atoms with Crippen LogP contribution in [0.3, 0.4) is 0 Å². The molecule has 4 heteroatoms. The van der Waals surface area contributed by atoms with E-state index in [4.69, 9.17) is 21.3 Å². The van der Waals surface area contributed by atoms with Crippen LogP contribution in [0.25, 0.3) is 54.2 Å². The summed E-state index contributed by atoms with van der Waals surface area (Å²) in [5.74, 6) is 3.29. The molecule has 1 unspecified atom stereocenters. The summed E-state index contributed by atoms with van der Waals surface area (Å²) in [5.41, 5.74) is 2.12. The van der Waals surface area contributed by atoms with Crippen LogP contribution in [0.4, 0.5) is 0 Å². The Morgan fingerprint density at radius 2 is 1.02 bits per heavy atom. The van der Waals surface area contributed by atoms with Gasteiger partial charge in [0.1, 0.15) is 23.0 Å². The van der Waals surface area contributed by atoms with E-state index >= 15 is 0 Å². The molecule has 44 heavy (non-hydrogen) atoms. The number of para-hydroxylation sites is 1. The minimum absolute atomic E-state index is 0.793. The maximum absolute atomic E-state index is 6.95. The van der Waals surface area contributed by atoms with E-state index in [0.717, 1.165) is 60.8 Å². The predicted molar refractivity (Wildman–Crippen MR) is 188 cm³/mol. The molecule has 0 aromatic heterocycles. The van der Waals surface area contributed by atoms with Crippen LogP contribution in [-0.4, -0.2) is 0 Å². The van der Waals surface area contributed by atoms with Gasteiger partial charge >= 0.3 is 0 Å². The average molecular weight is 599 g/mol. The zero-order valence-corrected chi connectivity index (χ0v) is 25.2. The summed E-state index contributed by atoms with van der Waals surface area (Å²) in [6.07, 6.45) is 0. The van der Waals surface area contributed by atoms with Crippen molar-refractivity contribution in [3.8, 4) is 34.1 Å². The Morgan fingerprint density at radius 1 is 0.432 bits per heavy atom. The molecular weight excluding hydrogens is 575 g/mol. The highest BCUT2D eigenvalue weighted by atomic mass is 32.4. The lowest BCUT2D eigenvalue weighted by atomic mass is 9.92. The van der Waals surface area contributed by atoms with Crippen molar-refractivity contribution in [1.29, 1.82) is 0 Å². The minimum Gasteiger partial charge on any atom is -0.456 e. The molecule has 2 nitrogen and oxygen atoms in total. The molecule has 0 aliphatic carbocycles. The van der Waals surface area contributed by atoms with Gasteiger partial charge in [0, 0.05) is 16.2 Å². The van der Waals surface area contributed by atoms with Gasteiger partial charge in [0.15, 0.2) is 0 Å². The van der Waals surface area contributed by atoms with E-state index < -0.39 is 6.04 Å². The summed E-state index contributed by atoms with van der Waals surface area (Å²) in [4.78, 5) is 0. The molecule has 2 aliphatic rings. The Labute approximate surface area is 259 Å². The van der Waals surface area contributed by atoms with Crippen LogP contribution in [0.5, 0.6) is 23.0 Å². The number of fused-ring (bicyclic) bond motifs is 12. The molecule has 8 aromatic carbocycles. The highest BCUT2D eigenvalue weighted by Gasteiger charge is 2.44. The highest BCUT2D eigenvalue weighted by molar-refractivity contribution is 8.26. The summed E-state index contributed by atoms with van der Waals surface area (Å²) in [6, 6.07) is 46.9. The van der Waals surface area contributed by atoms with Crippen LogP contribution < -0.4 is 25.4 Å². The van der Waals surface area contributed by atoms with Crippen molar-refractivity contribution >= 4 is 76.8 Å². The first kappa shape index (κ1) is 24.5. The summed E-state index contributed by atoms with van der Waals surface area (Å²) >= 11 is 6.94. The molecule has 0 saturated heterocycles. The van der Waals surface area contributed by atoms with Crippen molar-refractivity contribution in [2.75, 3.05) is 0 Å². The molecule has 0 saturated carbocycles. The zero-order valence-electron chi connectivity index (χ0n) is 23.5. The maximum atomic E-state index is 6.95. The van der Waals surface area contributed by atoms with Crippen molar-refractivity contribution in [1.82, 2.24) is 0 Å². The molecule has 0 radical (unpaired) electrons. The number of hydrogen-bond acceptors (Lipinski definition) is 3. The third-order valence-electron chi connectivity index (χ3n) is 9.28. The first-order chi connectivity index (χ1) is 21.7. The molecule has 0 N–H and O–H groups in total. The number of ether oxygens (including phenoxy) is 2. The fraction of sp³-hybridized carbons (Fsp3) is 0. The monoisotopic (exact) mass is 598 g/mol. The molecule has 0 spiro atoms. The standard InChI is InChI=1S/C40H23O2PS/c44-43-37-16-8-7-15-34(37)41-36-22-20-26(38(40(36)43)42-35-21-18-24-9-1-2-10-27(24)39(35)43)25-17-19-32-30-13-4-3-11-28(30)29-12-5-6-14-31(29)33(32)23-25/h1-23H. The van der Waals surface area contributed by atoms with Crippen LogP contribution in [0.1, 0.15) is 0 Å². The van der Waals surface area contributed by atoms with Crippen molar-refractivity contribution in [2.45, 2.75) is 0 Å². The van der Waals surface area contributed by atoms with E-state index in [2.05, 4.69) is 127 Å². The third kappa shape index (κ3) is 3.13. The van der Waals surface area contributed by atoms with Gasteiger partial charge in [-0.3, -0.25) is 0 Å². The Balaban J connectivity index is 1.29. The van der Waals surface area contributed by atoms with E-state index in [0.29, 0.717) is 0 Å². The van der Waals surface area contributed by atoms with Crippen LogP contribution in [0, 0.1) is 0 Å². The molecule has 2 aliphatic heterocycles. The van der Waals surface area contributed by atoms with Gasteiger partial charge in [0.25, 0.3) is 0 Å². The summed E-state index contributed by atoms with van der Waals surface area (Å²) < 4.78 is 13.5. The van der Waals surface area contributed by atoms with Crippen molar-refractivity contribution in [2.24, 2.45) is 0 Å². The molecular formula is C40H23O2PS. The Hall–Kier alpha value is -4.95. The molecule has 2 heterocycles. The second-order valence-corrected chi connectivity index (χ2v) is 15.8. The second kappa shape index (κ2) is 8.80. The van der Waals surface area contributed by atoms with Crippen molar-refractivity contribution < 1.29 is 9.47 Å². The van der Waals surface area contributed by atoms with Crippen LogP contribution in [-0.2, 0) is 11.8 Å². The molecule has 206 valence electrons. The lowest BCUT2D eigenvalue weighted by molar-refractivity contribution is 0.468. The second-order valence-electron chi connectivity index (χ2n) is 11.6. The average Bonchev–Trinajstić information content (AvgIpc) is 3.08. The Morgan fingerprint density at radius 3 is 1.80 bits per heavy atom.